The second-order valence-electron chi connectivity index (χ2n) is 4.14. The van der Waals surface area contributed by atoms with Gasteiger partial charge in [0.1, 0.15) is 11.6 Å². The number of anilines is 1. The molecule has 0 amide bonds. The van der Waals surface area contributed by atoms with Crippen LogP contribution in [0.4, 0.5) is 10.1 Å². The number of phenolic OH excluding ortho intramolecular Hbond substituents is 1. The van der Waals surface area contributed by atoms with Gasteiger partial charge >= 0.3 is 0 Å². The highest BCUT2D eigenvalue weighted by molar-refractivity contribution is 7.89. The smallest absolute Gasteiger partial charge is 0.240 e. The van der Waals surface area contributed by atoms with Crippen molar-refractivity contribution in [3.63, 3.8) is 0 Å². The number of hydrogen-bond acceptors (Lipinski definition) is 4. The van der Waals surface area contributed by atoms with Crippen LogP contribution < -0.4 is 10.5 Å². The molecular formula is C13H13FN2O3S. The van der Waals surface area contributed by atoms with Crippen molar-refractivity contribution in [1.29, 1.82) is 0 Å². The molecule has 0 fully saturated rings. The van der Waals surface area contributed by atoms with Gasteiger partial charge in [-0.3, -0.25) is 0 Å². The first-order chi connectivity index (χ1) is 9.40. The van der Waals surface area contributed by atoms with E-state index in [0.717, 1.165) is 6.07 Å². The number of nitrogens with one attached hydrogen (secondary N) is 1. The first-order valence-electron chi connectivity index (χ1n) is 5.72. The van der Waals surface area contributed by atoms with E-state index in [1.54, 1.807) is 6.07 Å². The van der Waals surface area contributed by atoms with E-state index in [9.17, 15) is 17.9 Å². The first kappa shape index (κ1) is 14.3. The van der Waals surface area contributed by atoms with Gasteiger partial charge in [-0.1, -0.05) is 18.2 Å². The molecule has 0 unspecified atom stereocenters. The van der Waals surface area contributed by atoms with E-state index in [4.69, 9.17) is 5.73 Å². The zero-order valence-electron chi connectivity index (χ0n) is 10.4. The Morgan fingerprint density at radius 1 is 1.20 bits per heavy atom. The minimum atomic E-state index is -3.82. The van der Waals surface area contributed by atoms with Crippen molar-refractivity contribution < 1.29 is 17.9 Å². The fourth-order valence-electron chi connectivity index (χ4n) is 1.60. The van der Waals surface area contributed by atoms with Crippen LogP contribution in [0.2, 0.25) is 0 Å². The third-order valence-corrected chi connectivity index (χ3v) is 4.12. The molecule has 2 rings (SSSR count). The van der Waals surface area contributed by atoms with Crippen LogP contribution in [-0.4, -0.2) is 13.5 Å². The van der Waals surface area contributed by atoms with Gasteiger partial charge in [0.05, 0.1) is 10.6 Å². The Kier molecular flexibility index (Phi) is 3.91. The predicted octanol–water partition coefficient (Wildman–Crippen LogP) is 1.59. The van der Waals surface area contributed by atoms with Gasteiger partial charge in [0.25, 0.3) is 0 Å². The molecule has 0 heterocycles. The lowest BCUT2D eigenvalue weighted by molar-refractivity contribution is 0.477. The Morgan fingerprint density at radius 2 is 1.90 bits per heavy atom. The summed E-state index contributed by atoms with van der Waals surface area (Å²) in [5, 5.41) is 9.26. The molecule has 4 N–H and O–H groups in total. The number of hydrogen-bond donors (Lipinski definition) is 3. The number of phenols is 1. The molecule has 20 heavy (non-hydrogen) atoms. The van der Waals surface area contributed by atoms with E-state index in [-0.39, 0.29) is 28.4 Å². The molecule has 0 aliphatic heterocycles. The van der Waals surface area contributed by atoms with Crippen molar-refractivity contribution in [1.82, 2.24) is 4.72 Å². The molecule has 0 atom stereocenters. The normalized spacial score (nSPS) is 11.4. The molecule has 0 aromatic heterocycles. The number of rotatable bonds is 4. The van der Waals surface area contributed by atoms with Gasteiger partial charge in [0, 0.05) is 12.1 Å². The van der Waals surface area contributed by atoms with Gasteiger partial charge < -0.3 is 10.8 Å². The summed E-state index contributed by atoms with van der Waals surface area (Å²) in [5.74, 6) is -0.682. The van der Waals surface area contributed by atoms with Gasteiger partial charge in [0.15, 0.2) is 0 Å². The summed E-state index contributed by atoms with van der Waals surface area (Å²) in [5.41, 5.74) is 5.64. The fourth-order valence-corrected chi connectivity index (χ4v) is 2.64. The number of nitrogen functional groups attached to an aromatic ring is 1. The average molecular weight is 296 g/mol. The Hall–Kier alpha value is -2.12. The highest BCUT2D eigenvalue weighted by atomic mass is 32.2. The molecule has 0 aliphatic carbocycles. The Bertz CT molecular complexity index is 732. The highest BCUT2D eigenvalue weighted by Gasteiger charge is 2.15. The molecule has 2 aromatic rings. The zero-order valence-corrected chi connectivity index (χ0v) is 11.2. The van der Waals surface area contributed by atoms with Crippen LogP contribution >= 0.6 is 0 Å². The molecule has 0 saturated carbocycles. The molecule has 7 heteroatoms. The van der Waals surface area contributed by atoms with Crippen LogP contribution in [0.5, 0.6) is 5.75 Å². The predicted molar refractivity (Wildman–Crippen MR) is 72.9 cm³/mol. The second-order valence-corrected chi connectivity index (χ2v) is 5.90. The third-order valence-electron chi connectivity index (χ3n) is 2.72. The summed E-state index contributed by atoms with van der Waals surface area (Å²) in [6.45, 7) is -0.171. The number of benzene rings is 2. The van der Waals surface area contributed by atoms with Crippen molar-refractivity contribution in [2.75, 3.05) is 5.73 Å². The van der Waals surface area contributed by atoms with Crippen LogP contribution in [0.3, 0.4) is 0 Å². The number of halogens is 1. The number of nitrogens with two attached hydrogens (primary N) is 1. The minimum Gasteiger partial charge on any atom is -0.506 e. The van der Waals surface area contributed by atoms with E-state index < -0.39 is 15.8 Å². The maximum Gasteiger partial charge on any atom is 0.240 e. The molecule has 0 saturated heterocycles. The van der Waals surface area contributed by atoms with Crippen LogP contribution in [0, 0.1) is 5.82 Å². The molecule has 0 radical (unpaired) electrons. The van der Waals surface area contributed by atoms with Crippen molar-refractivity contribution in [2.45, 2.75) is 11.4 Å². The van der Waals surface area contributed by atoms with Gasteiger partial charge in [-0.2, -0.15) is 0 Å². The topological polar surface area (TPSA) is 92.4 Å². The highest BCUT2D eigenvalue weighted by Crippen LogP contribution is 2.23. The number of aromatic hydroxyl groups is 1. The van der Waals surface area contributed by atoms with Crippen molar-refractivity contribution in [2.24, 2.45) is 0 Å². The lowest BCUT2D eigenvalue weighted by Gasteiger charge is -2.08. The Labute approximate surface area is 115 Å². The number of sulfonamides is 1. The van der Waals surface area contributed by atoms with Crippen LogP contribution in [0.1, 0.15) is 5.56 Å². The van der Waals surface area contributed by atoms with E-state index in [0.29, 0.717) is 0 Å². The summed E-state index contributed by atoms with van der Waals surface area (Å²) in [4.78, 5) is -0.0934. The van der Waals surface area contributed by atoms with E-state index in [1.807, 2.05) is 0 Å². The lowest BCUT2D eigenvalue weighted by atomic mass is 10.2. The Morgan fingerprint density at radius 3 is 2.55 bits per heavy atom. The summed E-state index contributed by atoms with van der Waals surface area (Å²) in [7, 11) is -3.82. The van der Waals surface area contributed by atoms with Gasteiger partial charge in [0.2, 0.25) is 10.0 Å². The van der Waals surface area contributed by atoms with Crippen LogP contribution in [0.25, 0.3) is 0 Å². The van der Waals surface area contributed by atoms with Gasteiger partial charge in [-0.15, -0.1) is 0 Å². The zero-order chi connectivity index (χ0) is 14.8. The molecule has 5 nitrogen and oxygen atoms in total. The minimum absolute atomic E-state index is 0.0428. The van der Waals surface area contributed by atoms with Crippen molar-refractivity contribution >= 4 is 15.7 Å². The molecule has 106 valence electrons. The maximum atomic E-state index is 13.4. The summed E-state index contributed by atoms with van der Waals surface area (Å²) >= 11 is 0. The second kappa shape index (κ2) is 5.48. The molecular weight excluding hydrogens is 283 g/mol. The molecule has 0 bridgehead atoms. The van der Waals surface area contributed by atoms with Gasteiger partial charge in [-0.25, -0.2) is 17.5 Å². The first-order valence-corrected chi connectivity index (χ1v) is 7.20. The standard InChI is InChI=1S/C13H13FN2O3S/c14-11-4-2-1-3-9(11)8-16-20(18,19)10-5-6-13(17)12(15)7-10/h1-7,16-17H,8,15H2. The van der Waals surface area contributed by atoms with Crippen molar-refractivity contribution in [3.8, 4) is 5.75 Å². The van der Waals surface area contributed by atoms with Crippen LogP contribution in [0.15, 0.2) is 47.4 Å². The van der Waals surface area contributed by atoms with Crippen molar-refractivity contribution in [3.05, 3.63) is 53.8 Å². The average Bonchev–Trinajstić information content (AvgIpc) is 2.41. The maximum absolute atomic E-state index is 13.4. The molecule has 0 spiro atoms. The van der Waals surface area contributed by atoms with Gasteiger partial charge in [-0.05, 0) is 24.3 Å². The SMILES string of the molecule is Nc1cc(S(=O)(=O)NCc2ccccc2F)ccc1O. The summed E-state index contributed by atoms with van der Waals surface area (Å²) in [6, 6.07) is 9.42. The monoisotopic (exact) mass is 296 g/mol. The third kappa shape index (κ3) is 3.06. The van der Waals surface area contributed by atoms with E-state index in [2.05, 4.69) is 4.72 Å². The quantitative estimate of drug-likeness (QED) is 0.590. The van der Waals surface area contributed by atoms with E-state index >= 15 is 0 Å². The Balaban J connectivity index is 2.19. The molecule has 2 aromatic carbocycles. The molecule has 0 aliphatic rings. The summed E-state index contributed by atoms with van der Waals surface area (Å²) in [6.07, 6.45) is 0. The lowest BCUT2D eigenvalue weighted by Crippen LogP contribution is -2.23. The fraction of sp³-hybridized carbons (Fsp3) is 0.0769. The van der Waals surface area contributed by atoms with Crippen LogP contribution in [-0.2, 0) is 16.6 Å². The largest absolute Gasteiger partial charge is 0.506 e. The summed E-state index contributed by atoms with van der Waals surface area (Å²) < 4.78 is 39.7. The van der Waals surface area contributed by atoms with E-state index in [1.165, 1.54) is 30.3 Å².